The minimum absolute atomic E-state index is 0.00760. The fourth-order valence-corrected chi connectivity index (χ4v) is 1.75. The zero-order valence-corrected chi connectivity index (χ0v) is 10.1. The third-order valence-corrected chi connectivity index (χ3v) is 3.40. The summed E-state index contributed by atoms with van der Waals surface area (Å²) in [6, 6.07) is 5.21. The molecular formula is C11H14Cl2FN. The molecule has 0 bridgehead atoms. The van der Waals surface area contributed by atoms with E-state index in [1.165, 1.54) is 0 Å². The van der Waals surface area contributed by atoms with Gasteiger partial charge in [-0.05, 0) is 18.1 Å². The number of rotatable bonds is 4. The molecule has 1 rings (SSSR count). The van der Waals surface area contributed by atoms with E-state index in [4.69, 9.17) is 28.9 Å². The van der Waals surface area contributed by atoms with E-state index in [-0.39, 0.29) is 13.0 Å². The van der Waals surface area contributed by atoms with Crippen molar-refractivity contribution in [3.8, 4) is 0 Å². The molecule has 0 radical (unpaired) electrons. The molecule has 0 aliphatic carbocycles. The van der Waals surface area contributed by atoms with Gasteiger partial charge in [0, 0.05) is 13.0 Å². The van der Waals surface area contributed by atoms with Gasteiger partial charge in [0.25, 0.3) is 0 Å². The van der Waals surface area contributed by atoms with Gasteiger partial charge in [-0.25, -0.2) is 4.39 Å². The Balaban J connectivity index is 2.94. The maximum absolute atomic E-state index is 14.0. The summed E-state index contributed by atoms with van der Waals surface area (Å²) in [6.45, 7) is 1.76. The third-order valence-electron chi connectivity index (χ3n) is 2.54. The molecule has 0 fully saturated rings. The first-order valence-corrected chi connectivity index (χ1v) is 5.60. The van der Waals surface area contributed by atoms with E-state index in [2.05, 4.69) is 0 Å². The molecule has 0 amide bonds. The van der Waals surface area contributed by atoms with Gasteiger partial charge in [0.2, 0.25) is 0 Å². The molecule has 0 spiro atoms. The average Bonchev–Trinajstić information content (AvgIpc) is 2.25. The Morgan fingerprint density at radius 1 is 1.40 bits per heavy atom. The van der Waals surface area contributed by atoms with Gasteiger partial charge >= 0.3 is 0 Å². The summed E-state index contributed by atoms with van der Waals surface area (Å²) in [6.07, 6.45) is 0.575. The van der Waals surface area contributed by atoms with Crippen LogP contribution in [0.5, 0.6) is 0 Å². The topological polar surface area (TPSA) is 26.0 Å². The predicted octanol–water partition coefficient (Wildman–Crippen LogP) is 3.61. The number of nitrogens with two attached hydrogens (primary N) is 1. The first kappa shape index (κ1) is 12.8. The van der Waals surface area contributed by atoms with E-state index in [9.17, 15) is 4.39 Å². The van der Waals surface area contributed by atoms with Crippen molar-refractivity contribution in [1.82, 2.24) is 0 Å². The second-order valence-electron chi connectivity index (χ2n) is 3.60. The molecule has 1 aromatic carbocycles. The Kier molecular flexibility index (Phi) is 4.38. The van der Waals surface area contributed by atoms with E-state index in [0.29, 0.717) is 22.0 Å². The summed E-state index contributed by atoms with van der Waals surface area (Å²) in [7, 11) is 0. The van der Waals surface area contributed by atoms with Gasteiger partial charge in [0.1, 0.15) is 5.67 Å². The molecule has 0 saturated heterocycles. The molecule has 0 aliphatic heterocycles. The Morgan fingerprint density at radius 3 is 2.60 bits per heavy atom. The Bertz CT molecular complexity index is 337. The highest BCUT2D eigenvalue weighted by molar-refractivity contribution is 6.42. The van der Waals surface area contributed by atoms with Crippen LogP contribution >= 0.6 is 23.2 Å². The Hall–Kier alpha value is -0.310. The van der Waals surface area contributed by atoms with Gasteiger partial charge in [-0.15, -0.1) is 0 Å². The van der Waals surface area contributed by atoms with Gasteiger partial charge in [-0.2, -0.15) is 0 Å². The molecule has 0 aliphatic rings. The van der Waals surface area contributed by atoms with Crippen molar-refractivity contribution >= 4 is 23.2 Å². The third kappa shape index (κ3) is 3.07. The monoisotopic (exact) mass is 249 g/mol. The lowest BCUT2D eigenvalue weighted by Crippen LogP contribution is -2.34. The van der Waals surface area contributed by atoms with Crippen molar-refractivity contribution < 1.29 is 4.39 Å². The summed E-state index contributed by atoms with van der Waals surface area (Å²) >= 11 is 11.8. The summed E-state index contributed by atoms with van der Waals surface area (Å²) < 4.78 is 14.0. The highest BCUT2D eigenvalue weighted by Gasteiger charge is 2.27. The van der Waals surface area contributed by atoms with E-state index in [1.54, 1.807) is 25.1 Å². The zero-order valence-electron chi connectivity index (χ0n) is 8.56. The van der Waals surface area contributed by atoms with E-state index in [1.807, 2.05) is 0 Å². The van der Waals surface area contributed by atoms with Crippen LogP contribution in [0.1, 0.15) is 18.9 Å². The SMILES string of the molecule is CCC(F)(CN)Cc1cccc(Cl)c1Cl. The Morgan fingerprint density at radius 2 is 2.07 bits per heavy atom. The van der Waals surface area contributed by atoms with Crippen molar-refractivity contribution in [2.24, 2.45) is 5.73 Å². The number of halogens is 3. The van der Waals surface area contributed by atoms with Crippen molar-refractivity contribution in [3.63, 3.8) is 0 Å². The van der Waals surface area contributed by atoms with Crippen molar-refractivity contribution in [1.29, 1.82) is 0 Å². The Labute approximate surface area is 99.4 Å². The van der Waals surface area contributed by atoms with Crippen LogP contribution < -0.4 is 5.73 Å². The lowest BCUT2D eigenvalue weighted by Gasteiger charge is -2.22. The summed E-state index contributed by atoms with van der Waals surface area (Å²) in [5.41, 5.74) is 4.72. The van der Waals surface area contributed by atoms with Crippen LogP contribution in [0.3, 0.4) is 0 Å². The fraction of sp³-hybridized carbons (Fsp3) is 0.455. The molecule has 0 saturated carbocycles. The molecule has 2 N–H and O–H groups in total. The number of hydrogen-bond donors (Lipinski definition) is 1. The molecular weight excluding hydrogens is 236 g/mol. The lowest BCUT2D eigenvalue weighted by atomic mass is 9.94. The normalized spacial score (nSPS) is 15.0. The van der Waals surface area contributed by atoms with Gasteiger partial charge in [-0.1, -0.05) is 42.3 Å². The molecule has 1 atom stereocenters. The number of benzene rings is 1. The number of alkyl halides is 1. The standard InChI is InChI=1S/C11H14Cl2FN/c1-2-11(14,7-15)6-8-4-3-5-9(12)10(8)13/h3-5H,2,6-7,15H2,1H3. The molecule has 0 heterocycles. The predicted molar refractivity (Wildman–Crippen MR) is 63.4 cm³/mol. The van der Waals surface area contributed by atoms with Crippen LogP contribution in [0.4, 0.5) is 4.39 Å². The minimum atomic E-state index is -1.39. The molecule has 1 nitrogen and oxygen atoms in total. The van der Waals surface area contributed by atoms with Gasteiger partial charge in [-0.3, -0.25) is 0 Å². The van der Waals surface area contributed by atoms with Crippen LogP contribution in [0.25, 0.3) is 0 Å². The molecule has 0 aromatic heterocycles. The smallest absolute Gasteiger partial charge is 0.127 e. The second kappa shape index (κ2) is 5.15. The molecule has 1 aromatic rings. The van der Waals surface area contributed by atoms with Gasteiger partial charge in [0.05, 0.1) is 10.0 Å². The number of hydrogen-bond acceptors (Lipinski definition) is 1. The van der Waals surface area contributed by atoms with Gasteiger partial charge < -0.3 is 5.73 Å². The van der Waals surface area contributed by atoms with Crippen molar-refractivity contribution in [2.45, 2.75) is 25.4 Å². The summed E-state index contributed by atoms with van der Waals surface area (Å²) in [4.78, 5) is 0. The first-order chi connectivity index (χ1) is 7.02. The van der Waals surface area contributed by atoms with Crippen LogP contribution in [0.15, 0.2) is 18.2 Å². The average molecular weight is 250 g/mol. The minimum Gasteiger partial charge on any atom is -0.328 e. The maximum Gasteiger partial charge on any atom is 0.127 e. The van der Waals surface area contributed by atoms with Gasteiger partial charge in [0.15, 0.2) is 0 Å². The van der Waals surface area contributed by atoms with Crippen molar-refractivity contribution in [2.75, 3.05) is 6.54 Å². The van der Waals surface area contributed by atoms with E-state index in [0.717, 1.165) is 0 Å². The zero-order chi connectivity index (χ0) is 11.5. The highest BCUT2D eigenvalue weighted by atomic mass is 35.5. The highest BCUT2D eigenvalue weighted by Crippen LogP contribution is 2.30. The van der Waals surface area contributed by atoms with E-state index >= 15 is 0 Å². The largest absolute Gasteiger partial charge is 0.328 e. The second-order valence-corrected chi connectivity index (χ2v) is 4.38. The maximum atomic E-state index is 14.0. The van der Waals surface area contributed by atoms with Crippen LogP contribution in [-0.2, 0) is 6.42 Å². The fourth-order valence-electron chi connectivity index (χ4n) is 1.37. The van der Waals surface area contributed by atoms with Crippen LogP contribution in [-0.4, -0.2) is 12.2 Å². The summed E-state index contributed by atoms with van der Waals surface area (Å²) in [5, 5.41) is 0.868. The lowest BCUT2D eigenvalue weighted by molar-refractivity contribution is 0.167. The molecule has 1 unspecified atom stereocenters. The van der Waals surface area contributed by atoms with E-state index < -0.39 is 5.67 Å². The quantitative estimate of drug-likeness (QED) is 0.867. The molecule has 4 heteroatoms. The van der Waals surface area contributed by atoms with Crippen LogP contribution in [0.2, 0.25) is 10.0 Å². The first-order valence-electron chi connectivity index (χ1n) is 4.84. The van der Waals surface area contributed by atoms with Crippen LogP contribution in [0, 0.1) is 0 Å². The summed E-state index contributed by atoms with van der Waals surface area (Å²) in [5.74, 6) is 0. The van der Waals surface area contributed by atoms with Crippen molar-refractivity contribution in [3.05, 3.63) is 33.8 Å². The molecule has 15 heavy (non-hydrogen) atoms. The molecule has 84 valence electrons.